The number of aryl methyl sites for hydroxylation is 1. The van der Waals surface area contributed by atoms with Crippen LogP contribution in [0.2, 0.25) is 0 Å². The Bertz CT molecular complexity index is 605. The average Bonchev–Trinajstić information content (AvgIpc) is 3.15. The Morgan fingerprint density at radius 3 is 2.58 bits per heavy atom. The van der Waals surface area contributed by atoms with Crippen molar-refractivity contribution in [3.63, 3.8) is 0 Å². The van der Waals surface area contributed by atoms with Crippen LogP contribution in [0.15, 0.2) is 18.2 Å². The fourth-order valence-corrected chi connectivity index (χ4v) is 4.43. The Morgan fingerprint density at radius 2 is 1.92 bits per heavy atom. The molecule has 5 heteroatoms. The van der Waals surface area contributed by atoms with Gasteiger partial charge in [-0.2, -0.15) is 0 Å². The predicted molar refractivity (Wildman–Crippen MR) is 103 cm³/mol. The van der Waals surface area contributed by atoms with Gasteiger partial charge in [0.15, 0.2) is 6.04 Å². The molecule has 0 radical (unpaired) electrons. The van der Waals surface area contributed by atoms with E-state index in [1.807, 2.05) is 0 Å². The van der Waals surface area contributed by atoms with Crippen LogP contribution < -0.4 is 19.9 Å². The molecule has 1 atom stereocenters. The fraction of sp³-hybridized carbons (Fsp3) is 0.667. The third-order valence-electron chi connectivity index (χ3n) is 6.18. The molecule has 1 heterocycles. The van der Waals surface area contributed by atoms with Gasteiger partial charge in [0.1, 0.15) is 38.5 Å². The minimum atomic E-state index is 0.0608. The van der Waals surface area contributed by atoms with Crippen LogP contribution in [0.1, 0.15) is 43.7 Å². The molecule has 1 aromatic carbocycles. The van der Waals surface area contributed by atoms with E-state index in [0.29, 0.717) is 6.04 Å². The summed E-state index contributed by atoms with van der Waals surface area (Å²) in [6.45, 7) is 9.55. The van der Waals surface area contributed by atoms with Crippen LogP contribution in [0.25, 0.3) is 0 Å². The van der Waals surface area contributed by atoms with Crippen molar-refractivity contribution >= 4 is 5.91 Å². The molecule has 0 unspecified atom stereocenters. The summed E-state index contributed by atoms with van der Waals surface area (Å²) in [5.41, 5.74) is 2.57. The normalized spacial score (nSPS) is 25.0. The molecule has 1 aliphatic carbocycles. The van der Waals surface area contributed by atoms with E-state index in [0.717, 1.165) is 51.3 Å². The van der Waals surface area contributed by atoms with Crippen LogP contribution >= 0.6 is 0 Å². The summed E-state index contributed by atoms with van der Waals surface area (Å²) in [4.78, 5) is 15.6. The van der Waals surface area contributed by atoms with E-state index >= 15 is 0 Å². The number of methoxy groups -OCH3 is 1. The third-order valence-corrected chi connectivity index (χ3v) is 6.18. The molecule has 3 N–H and O–H groups in total. The number of amides is 1. The molecule has 1 saturated heterocycles. The lowest BCUT2D eigenvalue weighted by Gasteiger charge is -2.33. The first kappa shape index (κ1) is 19.2. The van der Waals surface area contributed by atoms with Crippen molar-refractivity contribution in [3.8, 4) is 5.75 Å². The highest BCUT2D eigenvalue weighted by atomic mass is 16.5. The second kappa shape index (κ2) is 8.87. The van der Waals surface area contributed by atoms with Gasteiger partial charge in [-0.05, 0) is 38.8 Å². The Hall–Kier alpha value is -1.59. The first-order chi connectivity index (χ1) is 12.6. The second-order valence-electron chi connectivity index (χ2n) is 8.11. The summed E-state index contributed by atoms with van der Waals surface area (Å²) in [6.07, 6.45) is 4.83. The molecule has 5 nitrogen and oxygen atoms in total. The molecule has 2 aliphatic rings. The first-order valence-electron chi connectivity index (χ1n) is 10.2. The molecule has 3 rings (SSSR count). The van der Waals surface area contributed by atoms with Gasteiger partial charge in [0.2, 0.25) is 0 Å². The standard InChI is InChI=1S/C21H33N3O2/c1-16-8-9-20(26-3)18(14-16)15-23-10-12-24(13-11-23)17(2)21(25)22-19-6-4-5-7-19/h8-9,14,17,19H,4-7,10-13,15H2,1-3H3,(H,22,25)/p+2/t17-/m0/s1. The Kier molecular flexibility index (Phi) is 6.54. The van der Waals surface area contributed by atoms with E-state index in [1.165, 1.54) is 28.9 Å². The number of hydrogen-bond donors (Lipinski definition) is 3. The lowest BCUT2D eigenvalue weighted by molar-refractivity contribution is -1.02. The molecule has 0 spiro atoms. The quantitative estimate of drug-likeness (QED) is 0.654. The number of carbonyl (C=O) groups is 1. The van der Waals surface area contributed by atoms with E-state index in [9.17, 15) is 4.79 Å². The van der Waals surface area contributed by atoms with Crippen LogP contribution in [0, 0.1) is 6.92 Å². The zero-order valence-electron chi connectivity index (χ0n) is 16.6. The SMILES string of the molecule is COc1ccc(C)cc1C[NH+]1CC[NH+]([C@@H](C)C(=O)NC2CCCC2)CC1. The van der Waals surface area contributed by atoms with Gasteiger partial charge in [-0.3, -0.25) is 4.79 Å². The van der Waals surface area contributed by atoms with E-state index in [-0.39, 0.29) is 11.9 Å². The number of ether oxygens (including phenoxy) is 1. The third kappa shape index (κ3) is 4.77. The molecule has 1 saturated carbocycles. The van der Waals surface area contributed by atoms with Gasteiger partial charge in [0.25, 0.3) is 5.91 Å². The smallest absolute Gasteiger partial charge is 0.278 e. The molecular weight excluding hydrogens is 326 g/mol. The van der Waals surface area contributed by atoms with Crippen molar-refractivity contribution in [2.24, 2.45) is 0 Å². The fourth-order valence-electron chi connectivity index (χ4n) is 4.43. The molecule has 1 aromatic rings. The van der Waals surface area contributed by atoms with Crippen LogP contribution in [-0.4, -0.2) is 51.3 Å². The molecule has 1 aliphatic heterocycles. The van der Waals surface area contributed by atoms with E-state index < -0.39 is 0 Å². The number of benzene rings is 1. The second-order valence-corrected chi connectivity index (χ2v) is 8.11. The number of hydrogen-bond acceptors (Lipinski definition) is 2. The maximum Gasteiger partial charge on any atom is 0.278 e. The lowest BCUT2D eigenvalue weighted by Crippen LogP contribution is -3.29. The summed E-state index contributed by atoms with van der Waals surface area (Å²) in [7, 11) is 1.75. The van der Waals surface area contributed by atoms with Crippen molar-refractivity contribution in [3.05, 3.63) is 29.3 Å². The van der Waals surface area contributed by atoms with Crippen molar-refractivity contribution in [1.29, 1.82) is 0 Å². The number of quaternary nitrogens is 2. The van der Waals surface area contributed by atoms with Gasteiger partial charge >= 0.3 is 0 Å². The highest BCUT2D eigenvalue weighted by molar-refractivity contribution is 5.80. The molecule has 26 heavy (non-hydrogen) atoms. The van der Waals surface area contributed by atoms with Crippen LogP contribution in [0.4, 0.5) is 0 Å². The zero-order valence-corrected chi connectivity index (χ0v) is 16.6. The van der Waals surface area contributed by atoms with Crippen LogP contribution in [0.5, 0.6) is 5.75 Å². The van der Waals surface area contributed by atoms with Gasteiger partial charge in [-0.15, -0.1) is 0 Å². The first-order valence-corrected chi connectivity index (χ1v) is 10.2. The molecule has 1 amide bonds. The zero-order chi connectivity index (χ0) is 18.5. The largest absolute Gasteiger partial charge is 0.496 e. The summed E-state index contributed by atoms with van der Waals surface area (Å²) in [5.74, 6) is 1.23. The maximum absolute atomic E-state index is 12.5. The lowest BCUT2D eigenvalue weighted by atomic mass is 10.1. The van der Waals surface area contributed by atoms with Gasteiger partial charge in [0.05, 0.1) is 7.11 Å². The summed E-state index contributed by atoms with van der Waals surface area (Å²) in [6, 6.07) is 6.89. The molecule has 144 valence electrons. The molecule has 2 fully saturated rings. The number of nitrogens with one attached hydrogen (secondary N) is 3. The number of rotatable bonds is 6. The highest BCUT2D eigenvalue weighted by Gasteiger charge is 2.32. The van der Waals surface area contributed by atoms with Gasteiger partial charge < -0.3 is 19.9 Å². The minimum absolute atomic E-state index is 0.0608. The molecule has 0 aromatic heterocycles. The predicted octanol–water partition coefficient (Wildman–Crippen LogP) is -0.266. The van der Waals surface area contributed by atoms with Crippen molar-refractivity contribution < 1.29 is 19.3 Å². The Morgan fingerprint density at radius 1 is 1.23 bits per heavy atom. The van der Waals surface area contributed by atoms with Crippen molar-refractivity contribution in [2.45, 2.75) is 58.2 Å². The van der Waals surface area contributed by atoms with Gasteiger partial charge in [-0.25, -0.2) is 0 Å². The maximum atomic E-state index is 12.5. The monoisotopic (exact) mass is 361 g/mol. The van der Waals surface area contributed by atoms with Gasteiger partial charge in [-0.1, -0.05) is 24.5 Å². The van der Waals surface area contributed by atoms with Crippen LogP contribution in [0.3, 0.4) is 0 Å². The molecule has 0 bridgehead atoms. The average molecular weight is 362 g/mol. The minimum Gasteiger partial charge on any atom is -0.496 e. The van der Waals surface area contributed by atoms with E-state index in [4.69, 9.17) is 4.74 Å². The summed E-state index contributed by atoms with van der Waals surface area (Å²) in [5, 5.41) is 3.27. The summed E-state index contributed by atoms with van der Waals surface area (Å²) >= 11 is 0. The number of piperazine rings is 1. The van der Waals surface area contributed by atoms with Crippen molar-refractivity contribution in [1.82, 2.24) is 5.32 Å². The van der Waals surface area contributed by atoms with E-state index in [1.54, 1.807) is 12.0 Å². The van der Waals surface area contributed by atoms with Crippen LogP contribution in [-0.2, 0) is 11.3 Å². The summed E-state index contributed by atoms with van der Waals surface area (Å²) < 4.78 is 5.52. The van der Waals surface area contributed by atoms with E-state index in [2.05, 4.69) is 37.4 Å². The Labute approximate surface area is 157 Å². The highest BCUT2D eigenvalue weighted by Crippen LogP contribution is 2.18. The molecular formula is C21H35N3O2+2. The van der Waals surface area contributed by atoms with Gasteiger partial charge in [0, 0.05) is 11.6 Å². The van der Waals surface area contributed by atoms with Crippen molar-refractivity contribution in [2.75, 3.05) is 33.3 Å². The Balaban J connectivity index is 1.49. The number of carbonyl (C=O) groups excluding carboxylic acids is 1. The topological polar surface area (TPSA) is 47.2 Å².